The number of unbranched alkanes of at least 4 members (excludes halogenated alkanes) is 1. The van der Waals surface area contributed by atoms with Crippen LogP contribution in [0.25, 0.3) is 11.0 Å². The number of imidazole rings is 1. The molecule has 6 nitrogen and oxygen atoms in total. The van der Waals surface area contributed by atoms with Crippen LogP contribution < -0.4 is 10.1 Å². The van der Waals surface area contributed by atoms with Gasteiger partial charge in [-0.25, -0.2) is 9.78 Å². The van der Waals surface area contributed by atoms with E-state index in [0.29, 0.717) is 12.5 Å². The van der Waals surface area contributed by atoms with E-state index in [9.17, 15) is 4.79 Å². The summed E-state index contributed by atoms with van der Waals surface area (Å²) in [5.41, 5.74) is 4.25. The second-order valence-electron chi connectivity index (χ2n) is 8.45. The van der Waals surface area contributed by atoms with E-state index in [-0.39, 0.29) is 6.03 Å². The van der Waals surface area contributed by atoms with Gasteiger partial charge in [-0.05, 0) is 75.4 Å². The van der Waals surface area contributed by atoms with Crippen molar-refractivity contribution in [1.82, 2.24) is 19.8 Å². The number of nitrogens with one attached hydrogen (secondary N) is 1. The van der Waals surface area contributed by atoms with Crippen LogP contribution in [-0.4, -0.2) is 54.3 Å². The Morgan fingerprint density at radius 2 is 1.94 bits per heavy atom. The summed E-state index contributed by atoms with van der Waals surface area (Å²) in [7, 11) is 3.84. The van der Waals surface area contributed by atoms with Gasteiger partial charge in [0.05, 0.1) is 18.1 Å². The second-order valence-corrected chi connectivity index (χ2v) is 8.45. The maximum Gasteiger partial charge on any atom is 0.327 e. The van der Waals surface area contributed by atoms with E-state index in [4.69, 9.17) is 4.74 Å². The molecular weight excluding hydrogens is 388 g/mol. The predicted octanol–water partition coefficient (Wildman–Crippen LogP) is 4.43. The normalized spacial score (nSPS) is 15.3. The molecule has 2 aromatic carbocycles. The summed E-state index contributed by atoms with van der Waals surface area (Å²) in [6.07, 6.45) is 6.85. The van der Waals surface area contributed by atoms with E-state index in [1.165, 1.54) is 11.1 Å². The molecule has 0 radical (unpaired) electrons. The number of rotatable bonds is 7. The first-order chi connectivity index (χ1) is 15.2. The van der Waals surface area contributed by atoms with Gasteiger partial charge in [0.15, 0.2) is 0 Å². The number of methoxy groups -OCH3 is 1. The molecule has 3 aromatic rings. The number of aryl methyl sites for hydroxylation is 1. The summed E-state index contributed by atoms with van der Waals surface area (Å²) in [6, 6.07) is 14.3. The van der Waals surface area contributed by atoms with Gasteiger partial charge in [0, 0.05) is 12.6 Å². The third-order valence-corrected chi connectivity index (χ3v) is 6.28. The minimum absolute atomic E-state index is 0.134. The highest BCUT2D eigenvalue weighted by Gasteiger charge is 2.23. The van der Waals surface area contributed by atoms with E-state index >= 15 is 0 Å². The van der Waals surface area contributed by atoms with Crippen LogP contribution in [0.3, 0.4) is 0 Å². The number of ether oxygens (including phenoxy) is 1. The average Bonchev–Trinajstić information content (AvgIpc) is 3.23. The van der Waals surface area contributed by atoms with Crippen LogP contribution in [0.2, 0.25) is 0 Å². The minimum atomic E-state index is -0.134. The van der Waals surface area contributed by atoms with Gasteiger partial charge in [-0.3, -0.25) is 4.57 Å². The van der Waals surface area contributed by atoms with Gasteiger partial charge in [-0.15, -0.1) is 0 Å². The molecule has 1 N–H and O–H groups in total. The van der Waals surface area contributed by atoms with Crippen molar-refractivity contribution in [2.45, 2.75) is 38.0 Å². The smallest absolute Gasteiger partial charge is 0.327 e. The summed E-state index contributed by atoms with van der Waals surface area (Å²) in [5, 5.41) is 3.04. The van der Waals surface area contributed by atoms with Crippen LogP contribution in [-0.2, 0) is 6.42 Å². The number of nitrogens with zero attached hydrogens (tertiary/aromatic N) is 3. The zero-order valence-electron chi connectivity index (χ0n) is 18.5. The van der Waals surface area contributed by atoms with Crippen molar-refractivity contribution < 1.29 is 9.53 Å². The highest BCUT2D eigenvalue weighted by molar-refractivity contribution is 5.91. The lowest BCUT2D eigenvalue weighted by Gasteiger charge is -2.29. The largest absolute Gasteiger partial charge is 0.497 e. The molecule has 1 aliphatic rings. The first-order valence-corrected chi connectivity index (χ1v) is 11.2. The standard InChI is InChI=1S/C25H32N4O2/c1-28-14-11-20(12-15-28)22-16-21(31-2)17-23-24(22)27-18-29(23)25(30)26-13-7-6-10-19-8-4-3-5-9-19/h3-5,8-9,16-18,20H,6-7,10-15H2,1-2H3,(H,26,30). The van der Waals surface area contributed by atoms with Crippen LogP contribution in [0.15, 0.2) is 48.8 Å². The molecule has 0 saturated carbocycles. The third kappa shape index (κ3) is 5.07. The van der Waals surface area contributed by atoms with Gasteiger partial charge in [0.1, 0.15) is 12.1 Å². The molecule has 0 spiro atoms. The van der Waals surface area contributed by atoms with E-state index in [1.807, 2.05) is 12.1 Å². The fraction of sp³-hybridized carbons (Fsp3) is 0.440. The van der Waals surface area contributed by atoms with Gasteiger partial charge in [0.25, 0.3) is 0 Å². The highest BCUT2D eigenvalue weighted by Crippen LogP contribution is 2.35. The summed E-state index contributed by atoms with van der Waals surface area (Å²) in [6.45, 7) is 2.80. The Hall–Kier alpha value is -2.86. The fourth-order valence-corrected chi connectivity index (χ4v) is 4.41. The van der Waals surface area contributed by atoms with Crippen LogP contribution in [0.1, 0.15) is 42.7 Å². The number of likely N-dealkylation sites (tertiary alicyclic amines) is 1. The van der Waals surface area contributed by atoms with E-state index in [0.717, 1.165) is 62.0 Å². The Balaban J connectivity index is 1.42. The number of carbonyl (C=O) groups excluding carboxylic acids is 1. The lowest BCUT2D eigenvalue weighted by Crippen LogP contribution is -2.29. The number of carbonyl (C=O) groups is 1. The lowest BCUT2D eigenvalue weighted by molar-refractivity contribution is 0.243. The Labute approximate surface area is 184 Å². The third-order valence-electron chi connectivity index (χ3n) is 6.28. The SMILES string of the molecule is COc1cc(C2CCN(C)CC2)c2ncn(C(=O)NCCCCc3ccccc3)c2c1. The number of piperidine rings is 1. The zero-order chi connectivity index (χ0) is 21.6. The molecule has 1 aromatic heterocycles. The molecule has 1 saturated heterocycles. The van der Waals surface area contributed by atoms with Crippen molar-refractivity contribution in [3.63, 3.8) is 0 Å². The number of fused-ring (bicyclic) bond motifs is 1. The Kier molecular flexibility index (Phi) is 6.87. The van der Waals surface area contributed by atoms with Crippen molar-refractivity contribution in [2.75, 3.05) is 33.8 Å². The molecule has 164 valence electrons. The monoisotopic (exact) mass is 420 g/mol. The van der Waals surface area contributed by atoms with E-state index in [1.54, 1.807) is 18.0 Å². The highest BCUT2D eigenvalue weighted by atomic mass is 16.5. The summed E-state index contributed by atoms with van der Waals surface area (Å²) in [5.74, 6) is 1.22. The first kappa shape index (κ1) is 21.4. The quantitative estimate of drug-likeness (QED) is 0.574. The number of aromatic nitrogens is 2. The van der Waals surface area contributed by atoms with Crippen LogP contribution in [0.4, 0.5) is 4.79 Å². The summed E-state index contributed by atoms with van der Waals surface area (Å²) < 4.78 is 7.17. The van der Waals surface area contributed by atoms with Gasteiger partial charge < -0.3 is 15.0 Å². The van der Waals surface area contributed by atoms with Crippen molar-refractivity contribution in [3.8, 4) is 5.75 Å². The minimum Gasteiger partial charge on any atom is -0.497 e. The Morgan fingerprint density at radius 3 is 2.68 bits per heavy atom. The Bertz CT molecular complexity index is 1010. The van der Waals surface area contributed by atoms with Gasteiger partial charge in [0.2, 0.25) is 0 Å². The molecule has 1 fully saturated rings. The van der Waals surface area contributed by atoms with Crippen molar-refractivity contribution >= 4 is 17.1 Å². The van der Waals surface area contributed by atoms with Crippen LogP contribution in [0, 0.1) is 0 Å². The molecule has 2 heterocycles. The van der Waals surface area contributed by atoms with Crippen LogP contribution in [0.5, 0.6) is 5.75 Å². The summed E-state index contributed by atoms with van der Waals surface area (Å²) >= 11 is 0. The van der Waals surface area contributed by atoms with Gasteiger partial charge in [-0.1, -0.05) is 30.3 Å². The topological polar surface area (TPSA) is 59.4 Å². The van der Waals surface area contributed by atoms with Gasteiger partial charge in [-0.2, -0.15) is 0 Å². The lowest BCUT2D eigenvalue weighted by atomic mass is 9.88. The average molecular weight is 421 g/mol. The van der Waals surface area contributed by atoms with E-state index < -0.39 is 0 Å². The molecule has 6 heteroatoms. The molecule has 31 heavy (non-hydrogen) atoms. The Morgan fingerprint density at radius 1 is 1.16 bits per heavy atom. The van der Waals surface area contributed by atoms with Crippen molar-refractivity contribution in [3.05, 3.63) is 59.9 Å². The number of hydrogen-bond donors (Lipinski definition) is 1. The van der Waals surface area contributed by atoms with Crippen molar-refractivity contribution in [1.29, 1.82) is 0 Å². The first-order valence-electron chi connectivity index (χ1n) is 11.2. The fourth-order valence-electron chi connectivity index (χ4n) is 4.41. The van der Waals surface area contributed by atoms with Gasteiger partial charge >= 0.3 is 6.03 Å². The maximum atomic E-state index is 12.8. The van der Waals surface area contributed by atoms with E-state index in [2.05, 4.69) is 52.6 Å². The molecule has 1 amide bonds. The molecule has 1 aliphatic heterocycles. The predicted molar refractivity (Wildman–Crippen MR) is 124 cm³/mol. The second kappa shape index (κ2) is 9.96. The number of hydrogen-bond acceptors (Lipinski definition) is 4. The molecule has 4 rings (SSSR count). The molecule has 0 atom stereocenters. The maximum absolute atomic E-state index is 12.8. The van der Waals surface area contributed by atoms with Crippen molar-refractivity contribution in [2.24, 2.45) is 0 Å². The number of amides is 1. The molecule has 0 bridgehead atoms. The molecule has 0 aliphatic carbocycles. The molecule has 0 unspecified atom stereocenters. The number of benzene rings is 2. The van der Waals surface area contributed by atoms with Crippen LogP contribution >= 0.6 is 0 Å². The zero-order valence-corrected chi connectivity index (χ0v) is 18.5. The molecular formula is C25H32N4O2. The summed E-state index contributed by atoms with van der Waals surface area (Å²) in [4.78, 5) is 19.8.